The zero-order chi connectivity index (χ0) is 18.0. The molecule has 5 nitrogen and oxygen atoms in total. The number of piperidine rings is 2. The molecular weight excluding hydrogens is 323 g/mol. The predicted octanol–water partition coefficient (Wildman–Crippen LogP) is 3.37. The number of carbonyl (C=O) groups is 2. The lowest BCUT2D eigenvalue weighted by Gasteiger charge is -2.44. The van der Waals surface area contributed by atoms with Gasteiger partial charge in [-0.2, -0.15) is 0 Å². The fraction of sp³-hybridized carbons (Fsp3) is 0.895. The van der Waals surface area contributed by atoms with Crippen LogP contribution in [0.15, 0.2) is 0 Å². The highest BCUT2D eigenvalue weighted by Crippen LogP contribution is 2.43. The second kappa shape index (κ2) is 7.50. The first kappa shape index (κ1) is 18.5. The smallest absolute Gasteiger partial charge is 0.409 e. The first-order chi connectivity index (χ1) is 11.9. The highest BCUT2D eigenvalue weighted by Gasteiger charge is 2.54. The number of hydrogen-bond acceptors (Lipinski definition) is 3. The van der Waals surface area contributed by atoms with E-state index in [9.17, 15) is 14.0 Å². The van der Waals surface area contributed by atoms with Gasteiger partial charge < -0.3 is 14.5 Å². The minimum Gasteiger partial charge on any atom is -0.449 e. The largest absolute Gasteiger partial charge is 0.449 e. The Balaban J connectivity index is 1.54. The Kier molecular flexibility index (Phi) is 5.54. The molecular formula is C19H31FN2O3. The van der Waals surface area contributed by atoms with Crippen molar-refractivity contribution < 1.29 is 18.7 Å². The Morgan fingerprint density at radius 3 is 2.40 bits per heavy atom. The molecule has 1 atom stereocenters. The van der Waals surface area contributed by atoms with Gasteiger partial charge in [-0.3, -0.25) is 4.79 Å². The van der Waals surface area contributed by atoms with E-state index in [2.05, 4.69) is 0 Å². The Morgan fingerprint density at radius 1 is 1.12 bits per heavy atom. The molecule has 2 amide bonds. The highest BCUT2D eigenvalue weighted by atomic mass is 19.1. The molecule has 0 aromatic rings. The van der Waals surface area contributed by atoms with E-state index in [1.54, 1.807) is 4.90 Å². The fourth-order valence-electron chi connectivity index (χ4n) is 4.08. The second-order valence-corrected chi connectivity index (χ2v) is 8.32. The Hall–Kier alpha value is -1.33. The quantitative estimate of drug-likeness (QED) is 0.778. The first-order valence-electron chi connectivity index (χ1n) is 9.82. The summed E-state index contributed by atoms with van der Waals surface area (Å²) >= 11 is 0. The molecule has 0 bridgehead atoms. The number of alkyl halides is 1. The molecule has 3 aliphatic rings. The third kappa shape index (κ3) is 4.26. The summed E-state index contributed by atoms with van der Waals surface area (Å²) in [6.07, 6.45) is 5.30. The Morgan fingerprint density at radius 2 is 1.80 bits per heavy atom. The van der Waals surface area contributed by atoms with Crippen LogP contribution in [0.3, 0.4) is 0 Å². The van der Waals surface area contributed by atoms with Gasteiger partial charge in [0.25, 0.3) is 5.91 Å². The molecule has 3 fully saturated rings. The molecule has 0 spiro atoms. The van der Waals surface area contributed by atoms with Gasteiger partial charge in [0.1, 0.15) is 0 Å². The molecule has 1 aliphatic carbocycles. The van der Waals surface area contributed by atoms with Crippen LogP contribution in [0.25, 0.3) is 0 Å². The van der Waals surface area contributed by atoms with Crippen molar-refractivity contribution in [2.45, 2.75) is 70.5 Å². The van der Waals surface area contributed by atoms with E-state index in [0.29, 0.717) is 50.9 Å². The summed E-state index contributed by atoms with van der Waals surface area (Å²) in [7, 11) is 0. The van der Waals surface area contributed by atoms with Crippen LogP contribution in [0.5, 0.6) is 0 Å². The first-order valence-corrected chi connectivity index (χ1v) is 9.82. The maximum absolute atomic E-state index is 14.3. The second-order valence-electron chi connectivity index (χ2n) is 8.32. The van der Waals surface area contributed by atoms with E-state index < -0.39 is 5.67 Å². The van der Waals surface area contributed by atoms with Gasteiger partial charge in [0.15, 0.2) is 5.67 Å². The summed E-state index contributed by atoms with van der Waals surface area (Å²) < 4.78 is 19.6. The van der Waals surface area contributed by atoms with Gasteiger partial charge in [-0.15, -0.1) is 0 Å². The Bertz CT molecular complexity index is 499. The number of nitrogens with zero attached hydrogens (tertiary/aromatic N) is 2. The fourth-order valence-corrected chi connectivity index (χ4v) is 4.08. The summed E-state index contributed by atoms with van der Waals surface area (Å²) in [5.41, 5.74) is -1.57. The molecule has 2 aliphatic heterocycles. The van der Waals surface area contributed by atoms with Crippen LogP contribution in [-0.2, 0) is 9.53 Å². The van der Waals surface area contributed by atoms with Crippen molar-refractivity contribution in [3.05, 3.63) is 0 Å². The normalized spacial score (nSPS) is 26.6. The van der Waals surface area contributed by atoms with E-state index >= 15 is 0 Å². The third-order valence-electron chi connectivity index (χ3n) is 5.76. The molecule has 2 heterocycles. The van der Waals surface area contributed by atoms with Crippen molar-refractivity contribution in [1.82, 2.24) is 9.80 Å². The molecule has 0 radical (unpaired) electrons. The summed E-state index contributed by atoms with van der Waals surface area (Å²) in [6.45, 7) is 6.51. The minimum atomic E-state index is -1.57. The van der Waals surface area contributed by atoms with Gasteiger partial charge in [-0.1, -0.05) is 13.8 Å². The molecule has 0 aromatic heterocycles. The number of amides is 2. The van der Waals surface area contributed by atoms with E-state index in [-0.39, 0.29) is 18.0 Å². The van der Waals surface area contributed by atoms with E-state index in [1.807, 2.05) is 18.7 Å². The zero-order valence-corrected chi connectivity index (χ0v) is 15.5. The Labute approximate surface area is 149 Å². The summed E-state index contributed by atoms with van der Waals surface area (Å²) in [6, 6.07) is 0.142. The molecule has 25 heavy (non-hydrogen) atoms. The van der Waals surface area contributed by atoms with Crippen molar-refractivity contribution in [3.8, 4) is 0 Å². The van der Waals surface area contributed by atoms with Crippen molar-refractivity contribution in [1.29, 1.82) is 0 Å². The van der Waals surface area contributed by atoms with Crippen molar-refractivity contribution >= 4 is 12.0 Å². The average molecular weight is 354 g/mol. The maximum Gasteiger partial charge on any atom is 0.409 e. The number of carbonyl (C=O) groups excluding carboxylic acids is 2. The number of ether oxygens (including phenoxy) is 1. The lowest BCUT2D eigenvalue weighted by molar-refractivity contribution is -0.144. The molecule has 0 N–H and O–H groups in total. The summed E-state index contributed by atoms with van der Waals surface area (Å²) in [5.74, 6) is 0.412. The number of hydrogen-bond donors (Lipinski definition) is 0. The molecule has 2 saturated heterocycles. The lowest BCUT2D eigenvalue weighted by atomic mass is 9.83. The van der Waals surface area contributed by atoms with Crippen LogP contribution in [0.4, 0.5) is 9.18 Å². The van der Waals surface area contributed by atoms with Gasteiger partial charge in [0, 0.05) is 25.7 Å². The SMILES string of the molecule is CC(C)COC(=O)N1CCC(C2CCCCN2C(=O)C2(F)CC2)CC1. The standard InChI is InChI=1S/C19H31FN2O3/c1-14(2)13-25-18(24)21-11-6-15(7-12-21)16-5-3-4-10-22(16)17(23)19(20)8-9-19/h14-16H,3-13H2,1-2H3. The van der Waals surface area contributed by atoms with Crippen molar-refractivity contribution in [3.63, 3.8) is 0 Å². The average Bonchev–Trinajstić information content (AvgIpc) is 3.38. The highest BCUT2D eigenvalue weighted by molar-refractivity contribution is 5.88. The van der Waals surface area contributed by atoms with Gasteiger partial charge in [0.2, 0.25) is 0 Å². The molecule has 1 unspecified atom stereocenters. The van der Waals surface area contributed by atoms with Crippen LogP contribution < -0.4 is 0 Å². The zero-order valence-electron chi connectivity index (χ0n) is 15.5. The number of halogens is 1. The third-order valence-corrected chi connectivity index (χ3v) is 5.76. The molecule has 0 aromatic carbocycles. The molecule has 142 valence electrons. The van der Waals surface area contributed by atoms with Gasteiger partial charge >= 0.3 is 6.09 Å². The van der Waals surface area contributed by atoms with E-state index in [1.165, 1.54) is 0 Å². The van der Waals surface area contributed by atoms with Crippen LogP contribution in [-0.4, -0.2) is 59.8 Å². The lowest BCUT2D eigenvalue weighted by Crippen LogP contribution is -2.53. The minimum absolute atomic E-state index is 0.142. The number of likely N-dealkylation sites (tertiary alicyclic amines) is 2. The summed E-state index contributed by atoms with van der Waals surface area (Å²) in [5, 5.41) is 0. The molecule has 3 rings (SSSR count). The van der Waals surface area contributed by atoms with Crippen molar-refractivity contribution in [2.24, 2.45) is 11.8 Å². The van der Waals surface area contributed by atoms with Crippen LogP contribution in [0.1, 0.15) is 58.8 Å². The van der Waals surface area contributed by atoms with Gasteiger partial charge in [0.05, 0.1) is 6.61 Å². The topological polar surface area (TPSA) is 49.9 Å². The predicted molar refractivity (Wildman–Crippen MR) is 92.9 cm³/mol. The monoisotopic (exact) mass is 354 g/mol. The van der Waals surface area contributed by atoms with Crippen LogP contribution >= 0.6 is 0 Å². The number of rotatable bonds is 4. The molecule has 1 saturated carbocycles. The van der Waals surface area contributed by atoms with Crippen LogP contribution in [0.2, 0.25) is 0 Å². The maximum atomic E-state index is 14.3. The van der Waals surface area contributed by atoms with E-state index in [4.69, 9.17) is 4.74 Å². The van der Waals surface area contributed by atoms with Crippen molar-refractivity contribution in [2.75, 3.05) is 26.2 Å². The van der Waals surface area contributed by atoms with Crippen LogP contribution in [0, 0.1) is 11.8 Å². The van der Waals surface area contributed by atoms with Gasteiger partial charge in [-0.05, 0) is 56.8 Å². The van der Waals surface area contributed by atoms with E-state index in [0.717, 1.165) is 32.1 Å². The molecule has 6 heteroatoms. The summed E-state index contributed by atoms with van der Waals surface area (Å²) in [4.78, 5) is 28.2. The van der Waals surface area contributed by atoms with Gasteiger partial charge in [-0.25, -0.2) is 9.18 Å².